The molecule has 0 unspecified atom stereocenters. The summed E-state index contributed by atoms with van der Waals surface area (Å²) in [4.78, 5) is 24.3. The lowest BCUT2D eigenvalue weighted by Gasteiger charge is -2.34. The van der Waals surface area contributed by atoms with Gasteiger partial charge in [0.1, 0.15) is 10.5 Å². The van der Waals surface area contributed by atoms with E-state index in [1.807, 2.05) is 23.6 Å². The van der Waals surface area contributed by atoms with Crippen LogP contribution in [0.2, 0.25) is 5.02 Å². The molecule has 130 valence electrons. The summed E-state index contributed by atoms with van der Waals surface area (Å²) in [6, 6.07) is 9.95. The van der Waals surface area contributed by atoms with Gasteiger partial charge in [0.25, 0.3) is 5.56 Å². The number of nitrogens with one attached hydrogen (secondary N) is 1. The molecule has 1 N–H and O–H groups in total. The summed E-state index contributed by atoms with van der Waals surface area (Å²) < 4.78 is 0.705. The first-order valence-electron chi connectivity index (χ1n) is 8.33. The summed E-state index contributed by atoms with van der Waals surface area (Å²) in [6.07, 6.45) is 0. The molecule has 0 saturated carbocycles. The van der Waals surface area contributed by atoms with Crippen LogP contribution in [-0.4, -0.2) is 45.9 Å². The summed E-state index contributed by atoms with van der Waals surface area (Å²) in [5.41, 5.74) is 2.05. The number of nitrogens with zero attached hydrogens (tertiary/aromatic N) is 3. The molecule has 1 saturated heterocycles. The zero-order valence-electron chi connectivity index (χ0n) is 13.7. The van der Waals surface area contributed by atoms with E-state index in [-0.39, 0.29) is 5.56 Å². The number of H-pyrrole nitrogens is 1. The van der Waals surface area contributed by atoms with Crippen molar-refractivity contribution in [3.63, 3.8) is 0 Å². The van der Waals surface area contributed by atoms with Gasteiger partial charge in [0.05, 0.1) is 12.1 Å². The fourth-order valence-corrected chi connectivity index (χ4v) is 4.01. The highest BCUT2D eigenvalue weighted by atomic mass is 35.5. The molecule has 1 aliphatic rings. The van der Waals surface area contributed by atoms with E-state index in [0.717, 1.165) is 49.1 Å². The van der Waals surface area contributed by atoms with Gasteiger partial charge >= 0.3 is 0 Å². The molecular formula is C18H19ClN4OS. The van der Waals surface area contributed by atoms with Crippen LogP contribution in [0.25, 0.3) is 10.2 Å². The SMILES string of the molecule is O=c1[nH]c(CN2CCN(Cc3ccc(Cl)cc3)CC2)nc2ccsc12. The fraction of sp³-hybridized carbons (Fsp3) is 0.333. The molecule has 1 fully saturated rings. The lowest BCUT2D eigenvalue weighted by Crippen LogP contribution is -2.45. The summed E-state index contributed by atoms with van der Waals surface area (Å²) in [5, 5.41) is 2.68. The van der Waals surface area contributed by atoms with E-state index < -0.39 is 0 Å². The Kier molecular flexibility index (Phi) is 4.85. The van der Waals surface area contributed by atoms with Crippen molar-refractivity contribution in [1.82, 2.24) is 19.8 Å². The molecule has 4 rings (SSSR count). The van der Waals surface area contributed by atoms with Gasteiger partial charge in [0.2, 0.25) is 0 Å². The van der Waals surface area contributed by atoms with E-state index in [4.69, 9.17) is 11.6 Å². The first-order valence-corrected chi connectivity index (χ1v) is 9.59. The summed E-state index contributed by atoms with van der Waals surface area (Å²) >= 11 is 7.38. The Hall–Kier alpha value is -1.73. The normalized spacial score (nSPS) is 16.5. The second-order valence-corrected chi connectivity index (χ2v) is 7.68. The van der Waals surface area contributed by atoms with Gasteiger partial charge < -0.3 is 4.98 Å². The minimum Gasteiger partial charge on any atom is -0.308 e. The predicted molar refractivity (Wildman–Crippen MR) is 102 cm³/mol. The molecule has 0 amide bonds. The third-order valence-electron chi connectivity index (χ3n) is 4.52. The number of piperazine rings is 1. The smallest absolute Gasteiger partial charge is 0.268 e. The van der Waals surface area contributed by atoms with Crippen LogP contribution in [0.5, 0.6) is 0 Å². The number of aromatic nitrogens is 2. The van der Waals surface area contributed by atoms with E-state index in [1.165, 1.54) is 16.9 Å². The fourth-order valence-electron chi connectivity index (χ4n) is 3.16. The standard InChI is InChI=1S/C18H19ClN4OS/c19-14-3-1-13(2-4-14)11-22-6-8-23(9-7-22)12-16-20-15-5-10-25-17(15)18(24)21-16/h1-5,10H,6-9,11-12H2,(H,20,21,24). The maximum absolute atomic E-state index is 12.1. The average Bonchev–Trinajstić information content (AvgIpc) is 3.08. The third-order valence-corrected chi connectivity index (χ3v) is 5.68. The molecule has 0 atom stereocenters. The molecule has 1 aliphatic heterocycles. The van der Waals surface area contributed by atoms with Crippen LogP contribution >= 0.6 is 22.9 Å². The van der Waals surface area contributed by atoms with Crippen LogP contribution in [0.3, 0.4) is 0 Å². The molecule has 0 spiro atoms. The number of rotatable bonds is 4. The Morgan fingerprint density at radius 2 is 1.72 bits per heavy atom. The van der Waals surface area contributed by atoms with E-state index in [1.54, 1.807) is 0 Å². The lowest BCUT2D eigenvalue weighted by molar-refractivity contribution is 0.120. The molecule has 3 aromatic rings. The molecular weight excluding hydrogens is 356 g/mol. The van der Waals surface area contributed by atoms with E-state index in [0.29, 0.717) is 11.2 Å². The van der Waals surface area contributed by atoms with Gasteiger partial charge in [0, 0.05) is 37.7 Å². The molecule has 7 heteroatoms. The molecule has 0 radical (unpaired) electrons. The minimum atomic E-state index is -0.0311. The molecule has 3 heterocycles. The molecule has 0 aliphatic carbocycles. The van der Waals surface area contributed by atoms with E-state index in [2.05, 4.69) is 31.9 Å². The third kappa shape index (κ3) is 3.93. The first-order chi connectivity index (χ1) is 12.2. The van der Waals surface area contributed by atoms with Crippen molar-refractivity contribution in [2.75, 3.05) is 26.2 Å². The van der Waals surface area contributed by atoms with Crippen LogP contribution in [0.1, 0.15) is 11.4 Å². The van der Waals surface area contributed by atoms with Gasteiger partial charge in [-0.05, 0) is 29.1 Å². The monoisotopic (exact) mass is 374 g/mol. The highest BCUT2D eigenvalue weighted by Crippen LogP contribution is 2.16. The Labute approximate surface area is 154 Å². The van der Waals surface area contributed by atoms with Crippen molar-refractivity contribution < 1.29 is 0 Å². The maximum Gasteiger partial charge on any atom is 0.268 e. The molecule has 1 aromatic carbocycles. The van der Waals surface area contributed by atoms with Gasteiger partial charge in [-0.3, -0.25) is 14.6 Å². The van der Waals surface area contributed by atoms with Crippen LogP contribution in [0.15, 0.2) is 40.5 Å². The Bertz CT molecular complexity index is 913. The first kappa shape index (κ1) is 16.7. The highest BCUT2D eigenvalue weighted by molar-refractivity contribution is 7.17. The van der Waals surface area contributed by atoms with Crippen molar-refractivity contribution in [1.29, 1.82) is 0 Å². The average molecular weight is 375 g/mol. The van der Waals surface area contributed by atoms with Crippen LogP contribution in [-0.2, 0) is 13.1 Å². The highest BCUT2D eigenvalue weighted by Gasteiger charge is 2.18. The number of halogens is 1. The summed E-state index contributed by atoms with van der Waals surface area (Å²) in [5.74, 6) is 0.752. The minimum absolute atomic E-state index is 0.0311. The van der Waals surface area contributed by atoms with Crippen molar-refractivity contribution in [2.24, 2.45) is 0 Å². The van der Waals surface area contributed by atoms with Gasteiger partial charge in [-0.15, -0.1) is 11.3 Å². The Morgan fingerprint density at radius 3 is 2.44 bits per heavy atom. The topological polar surface area (TPSA) is 52.2 Å². The van der Waals surface area contributed by atoms with Gasteiger partial charge in [0.15, 0.2) is 0 Å². The van der Waals surface area contributed by atoms with Crippen molar-refractivity contribution in [3.8, 4) is 0 Å². The largest absolute Gasteiger partial charge is 0.308 e. The van der Waals surface area contributed by atoms with Crippen molar-refractivity contribution in [3.05, 3.63) is 62.5 Å². The number of benzene rings is 1. The van der Waals surface area contributed by atoms with E-state index in [9.17, 15) is 4.79 Å². The molecule has 0 bridgehead atoms. The van der Waals surface area contributed by atoms with Gasteiger partial charge in [-0.1, -0.05) is 23.7 Å². The van der Waals surface area contributed by atoms with Crippen LogP contribution < -0.4 is 5.56 Å². The van der Waals surface area contributed by atoms with E-state index >= 15 is 0 Å². The zero-order chi connectivity index (χ0) is 17.2. The summed E-state index contributed by atoms with van der Waals surface area (Å²) in [6.45, 7) is 5.59. The predicted octanol–water partition coefficient (Wildman–Crippen LogP) is 2.96. The van der Waals surface area contributed by atoms with Crippen molar-refractivity contribution in [2.45, 2.75) is 13.1 Å². The van der Waals surface area contributed by atoms with Gasteiger partial charge in [-0.25, -0.2) is 4.98 Å². The zero-order valence-corrected chi connectivity index (χ0v) is 15.3. The second-order valence-electron chi connectivity index (χ2n) is 6.33. The maximum atomic E-state index is 12.1. The summed E-state index contributed by atoms with van der Waals surface area (Å²) in [7, 11) is 0. The molecule has 2 aromatic heterocycles. The van der Waals surface area contributed by atoms with Crippen LogP contribution in [0.4, 0.5) is 0 Å². The Morgan fingerprint density at radius 1 is 1.04 bits per heavy atom. The number of fused-ring (bicyclic) bond motifs is 1. The van der Waals surface area contributed by atoms with Crippen LogP contribution in [0, 0.1) is 0 Å². The Balaban J connectivity index is 1.35. The lowest BCUT2D eigenvalue weighted by atomic mass is 10.2. The quantitative estimate of drug-likeness (QED) is 0.762. The number of hydrogen-bond acceptors (Lipinski definition) is 5. The van der Waals surface area contributed by atoms with Gasteiger partial charge in [-0.2, -0.15) is 0 Å². The second kappa shape index (κ2) is 7.25. The molecule has 5 nitrogen and oxygen atoms in total. The number of aromatic amines is 1. The van der Waals surface area contributed by atoms with Crippen molar-refractivity contribution >= 4 is 33.2 Å². The number of thiophene rings is 1. The number of hydrogen-bond donors (Lipinski definition) is 1. The molecule has 25 heavy (non-hydrogen) atoms.